The standard InChI is InChI=1S/C22H30O5/c1-5-16-10-14(3)9-15(4)17(16)11-20(23)18-12-22(26-7-8-27-22)13-19(18)21(24)25-6-2/h9-10,18-19H,5-8,11-13H2,1-4H3/t18?,19-/m1/s1. The van der Waals surface area contributed by atoms with Gasteiger partial charge in [-0.3, -0.25) is 9.59 Å². The average molecular weight is 374 g/mol. The van der Waals surface area contributed by atoms with Crippen LogP contribution in [0.25, 0.3) is 0 Å². The summed E-state index contributed by atoms with van der Waals surface area (Å²) in [6, 6.07) is 4.27. The number of aryl methyl sites for hydroxylation is 3. The first-order valence-corrected chi connectivity index (χ1v) is 9.95. The molecular formula is C22H30O5. The zero-order valence-corrected chi connectivity index (χ0v) is 16.8. The molecule has 1 saturated carbocycles. The molecule has 1 aromatic rings. The molecule has 1 aliphatic heterocycles. The summed E-state index contributed by atoms with van der Waals surface area (Å²) in [4.78, 5) is 25.8. The molecular weight excluding hydrogens is 344 g/mol. The van der Waals surface area contributed by atoms with Gasteiger partial charge in [0.2, 0.25) is 0 Å². The fourth-order valence-electron chi connectivity index (χ4n) is 4.57. The highest BCUT2D eigenvalue weighted by Crippen LogP contribution is 2.46. The van der Waals surface area contributed by atoms with Crippen LogP contribution in [0.3, 0.4) is 0 Å². The van der Waals surface area contributed by atoms with Crippen molar-refractivity contribution in [3.63, 3.8) is 0 Å². The van der Waals surface area contributed by atoms with Crippen molar-refractivity contribution < 1.29 is 23.8 Å². The molecule has 1 aliphatic carbocycles. The van der Waals surface area contributed by atoms with E-state index in [2.05, 4.69) is 32.9 Å². The van der Waals surface area contributed by atoms with E-state index in [0.717, 1.165) is 17.5 Å². The Kier molecular flexibility index (Phi) is 6.02. The number of benzene rings is 1. The monoisotopic (exact) mass is 374 g/mol. The molecule has 1 unspecified atom stereocenters. The van der Waals surface area contributed by atoms with Crippen molar-refractivity contribution in [2.45, 2.75) is 59.2 Å². The largest absolute Gasteiger partial charge is 0.466 e. The summed E-state index contributed by atoms with van der Waals surface area (Å²) in [5.41, 5.74) is 4.63. The molecule has 2 atom stereocenters. The van der Waals surface area contributed by atoms with Gasteiger partial charge in [0, 0.05) is 25.2 Å². The summed E-state index contributed by atoms with van der Waals surface area (Å²) in [5.74, 6) is -1.96. The second kappa shape index (κ2) is 8.11. The minimum atomic E-state index is -0.798. The van der Waals surface area contributed by atoms with E-state index >= 15 is 0 Å². The lowest BCUT2D eigenvalue weighted by Gasteiger charge is -2.21. The molecule has 2 aliphatic rings. The van der Waals surface area contributed by atoms with Gasteiger partial charge in [-0.2, -0.15) is 0 Å². The molecule has 0 radical (unpaired) electrons. The van der Waals surface area contributed by atoms with Crippen molar-refractivity contribution in [1.29, 1.82) is 0 Å². The van der Waals surface area contributed by atoms with E-state index in [1.807, 2.05) is 0 Å². The third-order valence-electron chi connectivity index (χ3n) is 5.81. The van der Waals surface area contributed by atoms with Gasteiger partial charge in [-0.05, 0) is 43.9 Å². The van der Waals surface area contributed by atoms with Crippen LogP contribution in [0.5, 0.6) is 0 Å². The molecule has 3 rings (SSSR count). The topological polar surface area (TPSA) is 61.8 Å². The third kappa shape index (κ3) is 4.09. The van der Waals surface area contributed by atoms with E-state index in [1.54, 1.807) is 6.92 Å². The number of ether oxygens (including phenoxy) is 3. The maximum Gasteiger partial charge on any atom is 0.309 e. The highest BCUT2D eigenvalue weighted by molar-refractivity contribution is 5.89. The Morgan fingerprint density at radius 1 is 1.11 bits per heavy atom. The molecule has 1 spiro atoms. The van der Waals surface area contributed by atoms with E-state index in [4.69, 9.17) is 14.2 Å². The summed E-state index contributed by atoms with van der Waals surface area (Å²) in [6.07, 6.45) is 2.05. The first-order valence-electron chi connectivity index (χ1n) is 9.95. The summed E-state index contributed by atoms with van der Waals surface area (Å²) in [5, 5.41) is 0. The van der Waals surface area contributed by atoms with Crippen LogP contribution in [0.2, 0.25) is 0 Å². The molecule has 0 bridgehead atoms. The highest BCUT2D eigenvalue weighted by Gasteiger charge is 2.54. The Balaban J connectivity index is 1.84. The van der Waals surface area contributed by atoms with Gasteiger partial charge in [0.1, 0.15) is 5.78 Å². The van der Waals surface area contributed by atoms with E-state index in [0.29, 0.717) is 39.1 Å². The summed E-state index contributed by atoms with van der Waals surface area (Å²) < 4.78 is 16.8. The van der Waals surface area contributed by atoms with Gasteiger partial charge < -0.3 is 14.2 Å². The molecule has 0 amide bonds. The minimum absolute atomic E-state index is 0.0747. The first-order chi connectivity index (χ1) is 12.9. The van der Waals surface area contributed by atoms with Gasteiger partial charge in [0.15, 0.2) is 5.79 Å². The molecule has 1 saturated heterocycles. The van der Waals surface area contributed by atoms with Crippen LogP contribution in [-0.2, 0) is 36.6 Å². The van der Waals surface area contributed by atoms with Crippen molar-refractivity contribution in [3.05, 3.63) is 34.4 Å². The maximum atomic E-state index is 13.3. The van der Waals surface area contributed by atoms with Crippen LogP contribution >= 0.6 is 0 Å². The number of Topliss-reactive ketones (excluding diaryl/α,β-unsaturated/α-hetero) is 1. The molecule has 5 heteroatoms. The summed E-state index contributed by atoms with van der Waals surface area (Å²) in [6.45, 7) is 9.34. The molecule has 5 nitrogen and oxygen atoms in total. The highest BCUT2D eigenvalue weighted by atomic mass is 16.7. The van der Waals surface area contributed by atoms with Gasteiger partial charge in [-0.1, -0.05) is 24.6 Å². The molecule has 148 valence electrons. The van der Waals surface area contributed by atoms with Crippen molar-refractivity contribution in [2.75, 3.05) is 19.8 Å². The smallest absolute Gasteiger partial charge is 0.309 e. The second-order valence-corrected chi connectivity index (χ2v) is 7.70. The van der Waals surface area contributed by atoms with Crippen LogP contribution in [0, 0.1) is 25.7 Å². The predicted octanol–water partition coefficient (Wildman–Crippen LogP) is 3.31. The number of rotatable bonds is 6. The number of hydrogen-bond donors (Lipinski definition) is 0. The Morgan fingerprint density at radius 2 is 1.78 bits per heavy atom. The van der Waals surface area contributed by atoms with Gasteiger partial charge in [0.05, 0.1) is 25.7 Å². The van der Waals surface area contributed by atoms with Crippen molar-refractivity contribution >= 4 is 11.8 Å². The Labute approximate surface area is 161 Å². The molecule has 2 fully saturated rings. The van der Waals surface area contributed by atoms with Gasteiger partial charge in [0.25, 0.3) is 0 Å². The van der Waals surface area contributed by atoms with Crippen molar-refractivity contribution in [1.82, 2.24) is 0 Å². The molecule has 0 aromatic heterocycles. The normalized spacial score (nSPS) is 23.7. The lowest BCUT2D eigenvalue weighted by Crippen LogP contribution is -2.28. The average Bonchev–Trinajstić information content (AvgIpc) is 3.24. The van der Waals surface area contributed by atoms with E-state index in [1.165, 1.54) is 11.1 Å². The van der Waals surface area contributed by atoms with Crippen LogP contribution < -0.4 is 0 Å². The molecule has 27 heavy (non-hydrogen) atoms. The molecule has 1 aromatic carbocycles. The van der Waals surface area contributed by atoms with Crippen LogP contribution in [-0.4, -0.2) is 37.4 Å². The van der Waals surface area contributed by atoms with Gasteiger partial charge in [-0.15, -0.1) is 0 Å². The van der Waals surface area contributed by atoms with Crippen LogP contribution in [0.1, 0.15) is 48.9 Å². The fourth-order valence-corrected chi connectivity index (χ4v) is 4.57. The van der Waals surface area contributed by atoms with Crippen LogP contribution in [0.15, 0.2) is 12.1 Å². The van der Waals surface area contributed by atoms with E-state index in [-0.39, 0.29) is 11.8 Å². The van der Waals surface area contributed by atoms with Gasteiger partial charge >= 0.3 is 5.97 Å². The van der Waals surface area contributed by atoms with E-state index in [9.17, 15) is 9.59 Å². The fraction of sp³-hybridized carbons (Fsp3) is 0.636. The summed E-state index contributed by atoms with van der Waals surface area (Å²) in [7, 11) is 0. The van der Waals surface area contributed by atoms with Crippen LogP contribution in [0.4, 0.5) is 0 Å². The SMILES string of the molecule is CCOC(=O)[C@@H]1CC2(CC1C(=O)Cc1c(C)cc(C)cc1CC)OCCO2. The number of carbonyl (C=O) groups excluding carboxylic acids is 2. The van der Waals surface area contributed by atoms with Gasteiger partial charge in [-0.25, -0.2) is 0 Å². The predicted molar refractivity (Wildman–Crippen MR) is 101 cm³/mol. The van der Waals surface area contributed by atoms with E-state index < -0.39 is 17.6 Å². The first kappa shape index (κ1) is 20.0. The number of hydrogen-bond acceptors (Lipinski definition) is 5. The lowest BCUT2D eigenvalue weighted by atomic mass is 9.85. The second-order valence-electron chi connectivity index (χ2n) is 7.70. The number of carbonyl (C=O) groups is 2. The zero-order chi connectivity index (χ0) is 19.6. The molecule has 1 heterocycles. The lowest BCUT2D eigenvalue weighted by molar-refractivity contribution is -0.162. The maximum absolute atomic E-state index is 13.3. The molecule has 0 N–H and O–H groups in total. The number of esters is 1. The Hall–Kier alpha value is -1.72. The zero-order valence-electron chi connectivity index (χ0n) is 16.8. The quantitative estimate of drug-likeness (QED) is 0.715. The van der Waals surface area contributed by atoms with Crippen molar-refractivity contribution in [2.24, 2.45) is 11.8 Å². The Bertz CT molecular complexity index is 718. The van der Waals surface area contributed by atoms with Crippen molar-refractivity contribution in [3.8, 4) is 0 Å². The minimum Gasteiger partial charge on any atom is -0.466 e. The Morgan fingerprint density at radius 3 is 2.41 bits per heavy atom. The third-order valence-corrected chi connectivity index (χ3v) is 5.81. The number of ketones is 1. The summed E-state index contributed by atoms with van der Waals surface area (Å²) >= 11 is 0.